The predicted octanol–water partition coefficient (Wildman–Crippen LogP) is 0.147. The van der Waals surface area contributed by atoms with E-state index >= 15 is 0 Å². The average molecular weight is 181 g/mol. The highest BCUT2D eigenvalue weighted by molar-refractivity contribution is 4.97. The second-order valence-electron chi connectivity index (χ2n) is 3.34. The third-order valence-corrected chi connectivity index (χ3v) is 1.89. The van der Waals surface area contributed by atoms with E-state index < -0.39 is 0 Å². The van der Waals surface area contributed by atoms with E-state index in [1.54, 1.807) is 6.07 Å². The van der Waals surface area contributed by atoms with E-state index in [1.165, 1.54) is 10.7 Å². The maximum atomic E-state index is 11.3. The van der Waals surface area contributed by atoms with Gasteiger partial charge in [0.25, 0.3) is 5.56 Å². The fourth-order valence-corrected chi connectivity index (χ4v) is 1.05. The fourth-order valence-electron chi connectivity index (χ4n) is 1.05. The minimum absolute atomic E-state index is 0.0640. The van der Waals surface area contributed by atoms with Crippen LogP contribution < -0.4 is 11.3 Å². The molecule has 0 aliphatic rings. The Balaban J connectivity index is 2.87. The number of aryl methyl sites for hydroxylation is 1. The van der Waals surface area contributed by atoms with Crippen LogP contribution in [0.15, 0.2) is 16.9 Å². The van der Waals surface area contributed by atoms with Gasteiger partial charge in [0, 0.05) is 12.6 Å². The Labute approximate surface area is 77.4 Å². The summed E-state index contributed by atoms with van der Waals surface area (Å²) in [6.07, 6.45) is 0. The summed E-state index contributed by atoms with van der Waals surface area (Å²) in [5.74, 6) is 0.284. The van der Waals surface area contributed by atoms with Crippen molar-refractivity contribution < 1.29 is 0 Å². The van der Waals surface area contributed by atoms with Crippen molar-refractivity contribution in [2.75, 3.05) is 6.54 Å². The molecule has 72 valence electrons. The highest BCUT2D eigenvalue weighted by Gasteiger charge is 2.03. The van der Waals surface area contributed by atoms with Crippen LogP contribution in [-0.4, -0.2) is 16.3 Å². The topological polar surface area (TPSA) is 60.9 Å². The summed E-state index contributed by atoms with van der Waals surface area (Å²) in [4.78, 5) is 11.3. The third-order valence-electron chi connectivity index (χ3n) is 1.89. The fraction of sp³-hybridized carbons (Fsp3) is 0.556. The first-order valence-electron chi connectivity index (χ1n) is 4.38. The van der Waals surface area contributed by atoms with Crippen molar-refractivity contribution in [3.8, 4) is 0 Å². The Kier molecular flexibility index (Phi) is 3.19. The van der Waals surface area contributed by atoms with Crippen molar-refractivity contribution in [2.45, 2.75) is 20.4 Å². The molecule has 1 aromatic heterocycles. The quantitative estimate of drug-likeness (QED) is 0.722. The monoisotopic (exact) mass is 181 g/mol. The molecule has 0 aliphatic carbocycles. The van der Waals surface area contributed by atoms with Crippen LogP contribution >= 0.6 is 0 Å². The van der Waals surface area contributed by atoms with Crippen LogP contribution in [0.25, 0.3) is 0 Å². The SMILES string of the molecule is Cc1ccc(=O)n(CC(C)CN)n1. The van der Waals surface area contributed by atoms with Crippen LogP contribution in [0.4, 0.5) is 0 Å². The molecule has 0 radical (unpaired) electrons. The van der Waals surface area contributed by atoms with Gasteiger partial charge in [-0.15, -0.1) is 0 Å². The lowest BCUT2D eigenvalue weighted by atomic mass is 10.2. The molecule has 13 heavy (non-hydrogen) atoms. The highest BCUT2D eigenvalue weighted by atomic mass is 16.1. The Hall–Kier alpha value is -1.16. The van der Waals surface area contributed by atoms with Gasteiger partial charge in [0.15, 0.2) is 0 Å². The summed E-state index contributed by atoms with van der Waals surface area (Å²) >= 11 is 0. The van der Waals surface area contributed by atoms with Crippen LogP contribution in [-0.2, 0) is 6.54 Å². The minimum atomic E-state index is -0.0640. The summed E-state index contributed by atoms with van der Waals surface area (Å²) < 4.78 is 1.47. The molecular formula is C9H15N3O. The van der Waals surface area contributed by atoms with Crippen molar-refractivity contribution in [2.24, 2.45) is 11.7 Å². The van der Waals surface area contributed by atoms with Crippen molar-refractivity contribution in [3.63, 3.8) is 0 Å². The second-order valence-corrected chi connectivity index (χ2v) is 3.34. The second kappa shape index (κ2) is 4.18. The molecule has 4 nitrogen and oxygen atoms in total. The number of hydrogen-bond acceptors (Lipinski definition) is 3. The Morgan fingerprint density at radius 3 is 2.92 bits per heavy atom. The third kappa shape index (κ3) is 2.66. The maximum absolute atomic E-state index is 11.3. The largest absolute Gasteiger partial charge is 0.330 e. The van der Waals surface area contributed by atoms with Gasteiger partial charge in [-0.25, -0.2) is 4.68 Å². The number of nitrogens with zero attached hydrogens (tertiary/aromatic N) is 2. The summed E-state index contributed by atoms with van der Waals surface area (Å²) in [6, 6.07) is 3.25. The van der Waals surface area contributed by atoms with E-state index in [9.17, 15) is 4.79 Å². The lowest BCUT2D eigenvalue weighted by molar-refractivity contribution is 0.439. The van der Waals surface area contributed by atoms with Gasteiger partial charge >= 0.3 is 0 Å². The van der Waals surface area contributed by atoms with Gasteiger partial charge in [-0.3, -0.25) is 4.79 Å². The molecule has 1 aromatic rings. The first-order chi connectivity index (χ1) is 6.13. The number of aromatic nitrogens is 2. The minimum Gasteiger partial charge on any atom is -0.330 e. The van der Waals surface area contributed by atoms with Crippen LogP contribution in [0.1, 0.15) is 12.6 Å². The number of hydrogen-bond donors (Lipinski definition) is 1. The lowest BCUT2D eigenvalue weighted by Crippen LogP contribution is -2.28. The van der Waals surface area contributed by atoms with Crippen LogP contribution in [0, 0.1) is 12.8 Å². The highest BCUT2D eigenvalue weighted by Crippen LogP contribution is 1.94. The molecular weight excluding hydrogens is 166 g/mol. The molecule has 1 atom stereocenters. The zero-order valence-corrected chi connectivity index (χ0v) is 8.03. The standard InChI is InChI=1S/C9H15N3O/c1-7(5-10)6-12-9(13)4-3-8(2)11-12/h3-4,7H,5-6,10H2,1-2H3. The molecule has 0 saturated heterocycles. The molecule has 0 aliphatic heterocycles. The van der Waals surface area contributed by atoms with E-state index in [0.717, 1.165) is 5.69 Å². The zero-order valence-electron chi connectivity index (χ0n) is 8.03. The van der Waals surface area contributed by atoms with Crippen molar-refractivity contribution in [1.29, 1.82) is 0 Å². The van der Waals surface area contributed by atoms with Crippen molar-refractivity contribution >= 4 is 0 Å². The average Bonchev–Trinajstić information content (AvgIpc) is 2.11. The molecule has 4 heteroatoms. The molecule has 0 saturated carbocycles. The van der Waals surface area contributed by atoms with Crippen molar-refractivity contribution in [1.82, 2.24) is 9.78 Å². The van der Waals surface area contributed by atoms with E-state index in [2.05, 4.69) is 5.10 Å². The molecule has 2 N–H and O–H groups in total. The Bertz CT molecular complexity index is 332. The summed E-state index contributed by atoms with van der Waals surface area (Å²) in [5.41, 5.74) is 6.25. The maximum Gasteiger partial charge on any atom is 0.266 e. The van der Waals surface area contributed by atoms with Gasteiger partial charge in [-0.2, -0.15) is 5.10 Å². The molecule has 0 amide bonds. The van der Waals surface area contributed by atoms with Crippen LogP contribution in [0.3, 0.4) is 0 Å². The normalized spacial score (nSPS) is 12.8. The summed E-state index contributed by atoms with van der Waals surface area (Å²) in [5, 5.41) is 4.11. The Morgan fingerprint density at radius 2 is 2.31 bits per heavy atom. The lowest BCUT2D eigenvalue weighted by Gasteiger charge is -2.09. The van der Waals surface area contributed by atoms with Crippen LogP contribution in [0.2, 0.25) is 0 Å². The van der Waals surface area contributed by atoms with E-state index in [0.29, 0.717) is 13.1 Å². The van der Waals surface area contributed by atoms with Gasteiger partial charge in [0.2, 0.25) is 0 Å². The van der Waals surface area contributed by atoms with E-state index in [1.807, 2.05) is 13.8 Å². The first kappa shape index (κ1) is 9.92. The molecule has 1 unspecified atom stereocenters. The molecule has 1 heterocycles. The van der Waals surface area contributed by atoms with Gasteiger partial charge < -0.3 is 5.73 Å². The van der Waals surface area contributed by atoms with Gasteiger partial charge in [-0.05, 0) is 25.5 Å². The molecule has 0 aromatic carbocycles. The molecule has 1 rings (SSSR count). The van der Waals surface area contributed by atoms with Gasteiger partial charge in [0.1, 0.15) is 0 Å². The molecule has 0 spiro atoms. The van der Waals surface area contributed by atoms with Crippen molar-refractivity contribution in [3.05, 3.63) is 28.2 Å². The van der Waals surface area contributed by atoms with E-state index in [4.69, 9.17) is 5.73 Å². The predicted molar refractivity (Wildman–Crippen MR) is 51.5 cm³/mol. The van der Waals surface area contributed by atoms with Gasteiger partial charge in [-0.1, -0.05) is 6.92 Å². The first-order valence-corrected chi connectivity index (χ1v) is 4.38. The van der Waals surface area contributed by atoms with Crippen LogP contribution in [0.5, 0.6) is 0 Å². The Morgan fingerprint density at radius 1 is 1.62 bits per heavy atom. The smallest absolute Gasteiger partial charge is 0.266 e. The number of rotatable bonds is 3. The zero-order chi connectivity index (χ0) is 9.84. The number of nitrogens with two attached hydrogens (primary N) is 1. The summed E-state index contributed by atoms with van der Waals surface area (Å²) in [6.45, 7) is 5.03. The molecule has 0 bridgehead atoms. The summed E-state index contributed by atoms with van der Waals surface area (Å²) in [7, 11) is 0. The van der Waals surface area contributed by atoms with Gasteiger partial charge in [0.05, 0.1) is 5.69 Å². The molecule has 0 fully saturated rings. The van der Waals surface area contributed by atoms with E-state index in [-0.39, 0.29) is 11.5 Å².